The van der Waals surface area contributed by atoms with E-state index in [1.165, 1.54) is 0 Å². The van der Waals surface area contributed by atoms with Crippen molar-refractivity contribution in [3.8, 4) is 0 Å². The van der Waals surface area contributed by atoms with Crippen LogP contribution in [0.1, 0.15) is 0 Å². The van der Waals surface area contributed by atoms with Gasteiger partial charge in [-0.1, -0.05) is 0 Å². The maximum absolute atomic E-state index is 9.29. The second-order valence-electron chi connectivity index (χ2n) is 2.85. The van der Waals surface area contributed by atoms with E-state index in [1.807, 2.05) is 0 Å². The lowest BCUT2D eigenvalue weighted by atomic mass is 9.98. The lowest BCUT2D eigenvalue weighted by molar-refractivity contribution is -0.242. The quantitative estimate of drug-likeness (QED) is 0.348. The Hall–Kier alpha value is -0.710. The van der Waals surface area contributed by atoms with E-state index in [2.05, 4.69) is 4.85 Å². The molecule has 0 saturated carbocycles. The number of hydrogen-bond donors (Lipinski definition) is 4. The molecule has 1 heterocycles. The highest BCUT2D eigenvalue weighted by atomic mass is 16.6. The highest BCUT2D eigenvalue weighted by molar-refractivity contribution is 4.98. The predicted molar refractivity (Wildman–Crippen MR) is 40.4 cm³/mol. The third-order valence-corrected chi connectivity index (χ3v) is 2.02. The van der Waals surface area contributed by atoms with Crippen molar-refractivity contribution in [2.24, 2.45) is 0 Å². The summed E-state index contributed by atoms with van der Waals surface area (Å²) in [5.41, 5.74) is 0. The molecule has 0 aromatic carbocycles. The molecule has 0 aromatic heterocycles. The summed E-state index contributed by atoms with van der Waals surface area (Å²) in [5.74, 6) is 0. The fourth-order valence-corrected chi connectivity index (χ4v) is 1.22. The van der Waals surface area contributed by atoms with Crippen LogP contribution < -0.4 is 0 Å². The van der Waals surface area contributed by atoms with Crippen molar-refractivity contribution in [3.05, 3.63) is 11.4 Å². The molecule has 0 unspecified atom stereocenters. The van der Waals surface area contributed by atoms with E-state index < -0.39 is 37.3 Å². The van der Waals surface area contributed by atoms with E-state index in [4.69, 9.17) is 21.5 Å². The molecular formula is C7H11NO5. The van der Waals surface area contributed by atoms with Gasteiger partial charge in [0.15, 0.2) is 6.10 Å². The van der Waals surface area contributed by atoms with E-state index in [9.17, 15) is 10.2 Å². The van der Waals surface area contributed by atoms with Gasteiger partial charge in [0.1, 0.15) is 12.2 Å². The summed E-state index contributed by atoms with van der Waals surface area (Å²) < 4.78 is 4.70. The monoisotopic (exact) mass is 189 g/mol. The molecule has 1 aliphatic heterocycles. The fourth-order valence-electron chi connectivity index (χ4n) is 1.22. The van der Waals surface area contributed by atoms with Crippen LogP contribution in [-0.4, -0.2) is 57.7 Å². The van der Waals surface area contributed by atoms with Gasteiger partial charge in [0.25, 0.3) is 0 Å². The topological polar surface area (TPSA) is 94.5 Å². The number of ether oxygens (including phenoxy) is 1. The van der Waals surface area contributed by atoms with Crippen molar-refractivity contribution in [2.45, 2.75) is 30.6 Å². The van der Waals surface area contributed by atoms with Gasteiger partial charge in [-0.2, -0.15) is 0 Å². The minimum absolute atomic E-state index is 0.514. The summed E-state index contributed by atoms with van der Waals surface area (Å²) in [5, 5.41) is 36.4. The summed E-state index contributed by atoms with van der Waals surface area (Å²) in [6.45, 7) is 6.11. The zero-order valence-corrected chi connectivity index (χ0v) is 6.74. The average Bonchev–Trinajstić information content (AvgIpc) is 2.12. The Balaban J connectivity index is 2.74. The van der Waals surface area contributed by atoms with Crippen LogP contribution in [0.5, 0.6) is 0 Å². The van der Waals surface area contributed by atoms with Crippen LogP contribution in [-0.2, 0) is 4.74 Å². The third-order valence-electron chi connectivity index (χ3n) is 2.02. The standard InChI is InChI=1S/C7H11NO5/c1-8-4-6(11)5(10)3(2-9)13-7(4)12/h3-7,9-12H,2H2/t3-,4-,5-,6-,7-/m1/s1. The lowest BCUT2D eigenvalue weighted by Crippen LogP contribution is -2.57. The molecule has 74 valence electrons. The Labute approximate surface area is 74.8 Å². The van der Waals surface area contributed by atoms with Crippen molar-refractivity contribution in [1.82, 2.24) is 0 Å². The van der Waals surface area contributed by atoms with Crippen LogP contribution in [0.3, 0.4) is 0 Å². The summed E-state index contributed by atoms with van der Waals surface area (Å²) >= 11 is 0. The predicted octanol–water partition coefficient (Wildman–Crippen LogP) is -2.29. The molecule has 0 bridgehead atoms. The first-order valence-corrected chi connectivity index (χ1v) is 3.79. The number of nitrogens with zero attached hydrogens (tertiary/aromatic N) is 1. The maximum atomic E-state index is 9.29. The molecule has 1 aliphatic rings. The van der Waals surface area contributed by atoms with Crippen molar-refractivity contribution in [2.75, 3.05) is 6.61 Å². The molecule has 5 atom stereocenters. The average molecular weight is 189 g/mol. The molecule has 6 heteroatoms. The molecule has 13 heavy (non-hydrogen) atoms. The van der Waals surface area contributed by atoms with Gasteiger partial charge in [-0.15, -0.1) is 0 Å². The van der Waals surface area contributed by atoms with E-state index >= 15 is 0 Å². The highest BCUT2D eigenvalue weighted by Crippen LogP contribution is 2.21. The van der Waals surface area contributed by atoms with Crippen LogP contribution in [0.4, 0.5) is 0 Å². The first kappa shape index (κ1) is 10.4. The van der Waals surface area contributed by atoms with E-state index in [-0.39, 0.29) is 0 Å². The zero-order chi connectivity index (χ0) is 10.0. The first-order valence-electron chi connectivity index (χ1n) is 3.79. The number of aliphatic hydroxyl groups is 4. The van der Waals surface area contributed by atoms with Crippen molar-refractivity contribution in [3.63, 3.8) is 0 Å². The van der Waals surface area contributed by atoms with Crippen LogP contribution in [0.2, 0.25) is 0 Å². The summed E-state index contributed by atoms with van der Waals surface area (Å²) in [7, 11) is 0. The molecule has 6 nitrogen and oxygen atoms in total. The Morgan fingerprint density at radius 3 is 2.31 bits per heavy atom. The first-order chi connectivity index (χ1) is 6.11. The van der Waals surface area contributed by atoms with Gasteiger partial charge < -0.3 is 30.0 Å². The van der Waals surface area contributed by atoms with Crippen LogP contribution >= 0.6 is 0 Å². The smallest absolute Gasteiger partial charge is 0.301 e. The maximum Gasteiger partial charge on any atom is 0.301 e. The lowest BCUT2D eigenvalue weighted by Gasteiger charge is -2.34. The van der Waals surface area contributed by atoms with Gasteiger partial charge in [0.2, 0.25) is 6.29 Å². The largest absolute Gasteiger partial charge is 0.394 e. The van der Waals surface area contributed by atoms with Crippen LogP contribution in [0, 0.1) is 6.57 Å². The van der Waals surface area contributed by atoms with Crippen LogP contribution in [0.15, 0.2) is 0 Å². The summed E-state index contributed by atoms with van der Waals surface area (Å²) in [6.07, 6.45) is -5.23. The minimum atomic E-state index is -1.46. The van der Waals surface area contributed by atoms with Crippen molar-refractivity contribution < 1.29 is 25.2 Å². The van der Waals surface area contributed by atoms with E-state index in [1.54, 1.807) is 0 Å². The van der Waals surface area contributed by atoms with E-state index in [0.29, 0.717) is 0 Å². The molecule has 4 N–H and O–H groups in total. The van der Waals surface area contributed by atoms with Gasteiger partial charge in [-0.3, -0.25) is 0 Å². The highest BCUT2D eigenvalue weighted by Gasteiger charge is 2.47. The molecule has 1 rings (SSSR count). The fraction of sp³-hybridized carbons (Fsp3) is 0.857. The molecule has 0 radical (unpaired) electrons. The third kappa shape index (κ3) is 1.80. The summed E-state index contributed by atoms with van der Waals surface area (Å²) in [4.78, 5) is 2.91. The summed E-state index contributed by atoms with van der Waals surface area (Å²) in [6, 6.07) is -1.20. The number of rotatable bonds is 1. The van der Waals surface area contributed by atoms with Gasteiger partial charge in [0, 0.05) is 0 Å². The Morgan fingerprint density at radius 1 is 1.23 bits per heavy atom. The molecule has 0 aliphatic carbocycles. The van der Waals surface area contributed by atoms with Gasteiger partial charge in [0.05, 0.1) is 6.61 Å². The second-order valence-corrected chi connectivity index (χ2v) is 2.85. The van der Waals surface area contributed by atoms with Gasteiger partial charge >= 0.3 is 6.04 Å². The molecule has 1 saturated heterocycles. The molecule has 0 aromatic rings. The Morgan fingerprint density at radius 2 is 1.85 bits per heavy atom. The normalized spacial score (nSPS) is 45.6. The zero-order valence-electron chi connectivity index (χ0n) is 6.74. The number of hydrogen-bond acceptors (Lipinski definition) is 5. The van der Waals surface area contributed by atoms with Gasteiger partial charge in [-0.05, 0) is 0 Å². The van der Waals surface area contributed by atoms with Crippen LogP contribution in [0.25, 0.3) is 4.85 Å². The molecule has 0 spiro atoms. The van der Waals surface area contributed by atoms with Crippen molar-refractivity contribution >= 4 is 0 Å². The minimum Gasteiger partial charge on any atom is -0.394 e. The molecule has 0 amide bonds. The van der Waals surface area contributed by atoms with E-state index in [0.717, 1.165) is 0 Å². The Bertz CT molecular complexity index is 215. The van der Waals surface area contributed by atoms with Crippen molar-refractivity contribution in [1.29, 1.82) is 0 Å². The number of aliphatic hydroxyl groups excluding tert-OH is 4. The SMILES string of the molecule is [C-]#[N+][C@@H]1[C@@H](O)[C@H](O)[C@@H](CO)O[C@H]1O. The second kappa shape index (κ2) is 4.00. The molecular weight excluding hydrogens is 178 g/mol. The molecule has 1 fully saturated rings. The Kier molecular flexibility index (Phi) is 3.19. The van der Waals surface area contributed by atoms with Gasteiger partial charge in [-0.25, -0.2) is 6.57 Å².